The molecule has 0 aromatic rings. The van der Waals surface area contributed by atoms with Crippen molar-refractivity contribution in [3.63, 3.8) is 0 Å². The smallest absolute Gasteiger partial charge is 0.408 e. The lowest BCUT2D eigenvalue weighted by atomic mass is 9.80. The maximum atomic E-state index is 13.9. The highest BCUT2D eigenvalue weighted by atomic mass is 16.7. The minimum atomic E-state index is -1.17. The molecule has 0 aliphatic carbocycles. The van der Waals surface area contributed by atoms with Gasteiger partial charge in [-0.25, -0.2) is 4.79 Å². The Labute approximate surface area is 298 Å². The summed E-state index contributed by atoms with van der Waals surface area (Å²) in [5.74, 6) is -2.15. The first-order valence-corrected chi connectivity index (χ1v) is 17.8. The number of hydrogen-bond acceptors (Lipinski definition) is 13. The molecule has 2 amide bonds. The van der Waals surface area contributed by atoms with Gasteiger partial charge in [0.15, 0.2) is 11.9 Å². The van der Waals surface area contributed by atoms with Crippen molar-refractivity contribution in [2.45, 2.75) is 127 Å². The van der Waals surface area contributed by atoms with E-state index < -0.39 is 78.1 Å². The number of aliphatic hydroxyl groups excluding tert-OH is 1. The molecule has 0 spiro atoms. The number of likely N-dealkylation sites (N-methyl/N-ethyl adjacent to an activating group) is 3. The molecule has 3 heterocycles. The van der Waals surface area contributed by atoms with Gasteiger partial charge >= 0.3 is 12.1 Å². The van der Waals surface area contributed by atoms with E-state index in [0.29, 0.717) is 25.8 Å². The molecule has 15 heteroatoms. The van der Waals surface area contributed by atoms with Crippen LogP contribution in [0.4, 0.5) is 4.79 Å². The van der Waals surface area contributed by atoms with Crippen molar-refractivity contribution < 1.29 is 48.0 Å². The number of Topliss-reactive ketones (excluding diaryl/α,β-unsaturated/α-hetero) is 1. The van der Waals surface area contributed by atoms with Crippen molar-refractivity contribution in [2.24, 2.45) is 11.8 Å². The predicted molar refractivity (Wildman–Crippen MR) is 185 cm³/mol. The van der Waals surface area contributed by atoms with Gasteiger partial charge in [0.2, 0.25) is 5.91 Å². The zero-order chi connectivity index (χ0) is 37.7. The monoisotopic (exact) mass is 713 g/mol. The maximum absolute atomic E-state index is 13.9. The molecule has 3 fully saturated rings. The highest BCUT2D eigenvalue weighted by molar-refractivity contribution is 5.97. The number of carbonyl (C=O) groups is 4. The summed E-state index contributed by atoms with van der Waals surface area (Å²) in [7, 11) is 10.6. The van der Waals surface area contributed by atoms with E-state index in [2.05, 4.69) is 10.6 Å². The molecule has 15 nitrogen and oxygen atoms in total. The Hall–Kier alpha value is -2.40. The predicted octanol–water partition coefficient (Wildman–Crippen LogP) is 1.00. The molecule has 0 aromatic carbocycles. The first-order chi connectivity index (χ1) is 23.3. The van der Waals surface area contributed by atoms with E-state index in [9.17, 15) is 24.3 Å². The number of amides is 2. The molecule has 0 saturated carbocycles. The van der Waals surface area contributed by atoms with Crippen LogP contribution in [-0.2, 0) is 38.1 Å². The minimum absolute atomic E-state index is 0.0131. The first-order valence-electron chi connectivity index (χ1n) is 17.8. The third-order valence-electron chi connectivity index (χ3n) is 10.7. The fourth-order valence-corrected chi connectivity index (χ4v) is 7.71. The third-order valence-corrected chi connectivity index (χ3v) is 10.7. The van der Waals surface area contributed by atoms with Crippen LogP contribution >= 0.6 is 0 Å². The normalized spacial score (nSPS) is 39.2. The SMILES string of the molecule is CC[C@H]1OC(=O)CC(=O)[C@H](C)[C@@H](O[C@@H]2O[C@H](CN(C)C(=O)CN(C)C)CC(N(C)C)[C@H]2O)[C@](C)(OC)C[C@@H](C)CN[C@H](C)[C@H]2NC(=O)O[C@@]21C. The van der Waals surface area contributed by atoms with Crippen LogP contribution in [-0.4, -0.2) is 166 Å². The van der Waals surface area contributed by atoms with E-state index in [1.807, 2.05) is 60.8 Å². The van der Waals surface area contributed by atoms with Gasteiger partial charge in [-0.05, 0) is 80.7 Å². The minimum Gasteiger partial charge on any atom is -0.458 e. The van der Waals surface area contributed by atoms with Crippen molar-refractivity contribution in [3.8, 4) is 0 Å². The average Bonchev–Trinajstić information content (AvgIpc) is 3.35. The Morgan fingerprint density at radius 3 is 2.32 bits per heavy atom. The molecule has 3 rings (SSSR count). The van der Waals surface area contributed by atoms with E-state index in [0.717, 1.165) is 0 Å². The molecule has 1 unspecified atom stereocenters. The summed E-state index contributed by atoms with van der Waals surface area (Å²) in [4.78, 5) is 57.8. The Balaban J connectivity index is 1.97. The molecule has 3 aliphatic heterocycles. The molecule has 3 aliphatic rings. The zero-order valence-corrected chi connectivity index (χ0v) is 32.2. The summed E-state index contributed by atoms with van der Waals surface area (Å²) < 4.78 is 30.8. The number of rotatable bonds is 9. The summed E-state index contributed by atoms with van der Waals surface area (Å²) in [6.45, 7) is 12.1. The highest BCUT2D eigenvalue weighted by Gasteiger charge is 2.55. The van der Waals surface area contributed by atoms with Gasteiger partial charge in [-0.2, -0.15) is 0 Å². The van der Waals surface area contributed by atoms with Gasteiger partial charge in [0.1, 0.15) is 24.4 Å². The van der Waals surface area contributed by atoms with Crippen molar-refractivity contribution in [1.82, 2.24) is 25.3 Å². The largest absolute Gasteiger partial charge is 0.458 e. The van der Waals surface area contributed by atoms with Crippen LogP contribution in [0.1, 0.15) is 67.2 Å². The van der Waals surface area contributed by atoms with Crippen LogP contribution in [0.5, 0.6) is 0 Å². The Morgan fingerprint density at radius 1 is 1.08 bits per heavy atom. The van der Waals surface area contributed by atoms with E-state index in [1.54, 1.807) is 37.8 Å². The van der Waals surface area contributed by atoms with Crippen molar-refractivity contribution >= 4 is 23.8 Å². The second-order valence-corrected chi connectivity index (χ2v) is 15.5. The summed E-state index contributed by atoms with van der Waals surface area (Å²) in [5, 5.41) is 18.0. The standard InChI is InChI=1S/C35H63N5O10/c1-13-26-35(6)30(37-33(45)50-35)22(4)36-17-20(2)16-34(5,46-12)31(21(3)25(41)15-28(43)48-26)49-32-29(44)24(39(9)10)14-23(47-32)18-40(11)27(42)19-38(7)8/h20-24,26,29-32,36,44H,13-19H2,1-12H3,(H,37,45)/t20-,21+,22-,23+,24?,26-,29-,30-,31-,32+,34-,35-/m1/s1. The fourth-order valence-electron chi connectivity index (χ4n) is 7.71. The Morgan fingerprint density at radius 2 is 1.74 bits per heavy atom. The summed E-state index contributed by atoms with van der Waals surface area (Å²) in [6.07, 6.45) is -4.38. The summed E-state index contributed by atoms with van der Waals surface area (Å²) >= 11 is 0. The average molecular weight is 714 g/mol. The van der Waals surface area contributed by atoms with E-state index in [-0.39, 0.29) is 37.0 Å². The lowest BCUT2D eigenvalue weighted by Gasteiger charge is -2.47. The quantitative estimate of drug-likeness (QED) is 0.229. The summed E-state index contributed by atoms with van der Waals surface area (Å²) in [6, 6.07) is -1.14. The maximum Gasteiger partial charge on any atom is 0.408 e. The number of esters is 1. The van der Waals surface area contributed by atoms with Gasteiger partial charge < -0.3 is 54.1 Å². The zero-order valence-electron chi connectivity index (χ0n) is 32.2. The molecule has 0 radical (unpaired) electrons. The van der Waals surface area contributed by atoms with Gasteiger partial charge in [0.05, 0.1) is 30.4 Å². The van der Waals surface area contributed by atoms with Crippen LogP contribution in [0.2, 0.25) is 0 Å². The van der Waals surface area contributed by atoms with Gasteiger partial charge in [-0.3, -0.25) is 14.4 Å². The van der Waals surface area contributed by atoms with Crippen LogP contribution in [0, 0.1) is 11.8 Å². The number of carbonyl (C=O) groups excluding carboxylic acids is 4. The number of nitrogens with one attached hydrogen (secondary N) is 2. The molecule has 0 bridgehead atoms. The van der Waals surface area contributed by atoms with Crippen molar-refractivity contribution in [3.05, 3.63) is 0 Å². The topological polar surface area (TPSA) is 168 Å². The Bertz CT molecular complexity index is 1190. The lowest BCUT2D eigenvalue weighted by molar-refractivity contribution is -0.298. The molecular weight excluding hydrogens is 650 g/mol. The Kier molecular flexibility index (Phi) is 14.6. The van der Waals surface area contributed by atoms with Gasteiger partial charge in [-0.1, -0.05) is 20.8 Å². The van der Waals surface area contributed by atoms with Crippen molar-refractivity contribution in [1.29, 1.82) is 0 Å². The van der Waals surface area contributed by atoms with E-state index >= 15 is 0 Å². The number of fused-ring (bicyclic) bond motifs is 1. The van der Waals surface area contributed by atoms with Crippen LogP contribution in [0.3, 0.4) is 0 Å². The number of methoxy groups -OCH3 is 1. The van der Waals surface area contributed by atoms with Crippen molar-refractivity contribution in [2.75, 3.05) is 62.0 Å². The number of ketones is 1. The number of ether oxygens (including phenoxy) is 5. The van der Waals surface area contributed by atoms with Crippen LogP contribution in [0.15, 0.2) is 0 Å². The van der Waals surface area contributed by atoms with Gasteiger partial charge in [0, 0.05) is 38.7 Å². The number of nitrogens with zero attached hydrogens (tertiary/aromatic N) is 3. The number of hydrogen-bond donors (Lipinski definition) is 3. The molecule has 3 N–H and O–H groups in total. The third kappa shape index (κ3) is 9.92. The first kappa shape index (κ1) is 42.0. The number of cyclic esters (lactones) is 1. The van der Waals surface area contributed by atoms with Crippen LogP contribution in [0.25, 0.3) is 0 Å². The number of alkyl carbamates (subject to hydrolysis) is 1. The molecule has 12 atom stereocenters. The molecule has 0 aromatic heterocycles. The van der Waals surface area contributed by atoms with E-state index in [1.165, 1.54) is 0 Å². The second-order valence-electron chi connectivity index (χ2n) is 15.5. The summed E-state index contributed by atoms with van der Waals surface area (Å²) in [5.41, 5.74) is -2.24. The lowest BCUT2D eigenvalue weighted by Crippen LogP contribution is -2.60. The number of aliphatic hydroxyl groups is 1. The van der Waals surface area contributed by atoms with E-state index in [4.69, 9.17) is 23.7 Å². The molecule has 3 saturated heterocycles. The molecule has 50 heavy (non-hydrogen) atoms. The molecular formula is C35H63N5O10. The van der Waals surface area contributed by atoms with Gasteiger partial charge in [0.25, 0.3) is 0 Å². The fraction of sp³-hybridized carbons (Fsp3) is 0.886. The second kappa shape index (κ2) is 17.4. The highest BCUT2D eigenvalue weighted by Crippen LogP contribution is 2.37. The van der Waals surface area contributed by atoms with Gasteiger partial charge in [-0.15, -0.1) is 0 Å². The molecule has 288 valence electrons. The van der Waals surface area contributed by atoms with Crippen LogP contribution < -0.4 is 10.6 Å².